The molecule has 0 saturated carbocycles. The normalized spacial score (nSPS) is 10.5. The molecule has 0 spiro atoms. The molecule has 0 fully saturated rings. The zero-order valence-corrected chi connectivity index (χ0v) is 13.0. The summed E-state index contributed by atoms with van der Waals surface area (Å²) in [5.41, 5.74) is 1.58. The van der Waals surface area contributed by atoms with Crippen molar-refractivity contribution in [3.8, 4) is 11.3 Å². The van der Waals surface area contributed by atoms with E-state index in [-0.39, 0.29) is 17.1 Å². The van der Waals surface area contributed by atoms with Crippen LogP contribution in [-0.2, 0) is 4.79 Å². The third-order valence-corrected chi connectivity index (χ3v) is 4.11. The van der Waals surface area contributed by atoms with Gasteiger partial charge in [0.2, 0.25) is 5.91 Å². The van der Waals surface area contributed by atoms with Crippen LogP contribution in [0.25, 0.3) is 11.3 Å². The van der Waals surface area contributed by atoms with Crippen molar-refractivity contribution in [1.82, 2.24) is 4.98 Å². The summed E-state index contributed by atoms with van der Waals surface area (Å²) in [6, 6.07) is 3.04. The van der Waals surface area contributed by atoms with E-state index in [1.807, 2.05) is 0 Å². The minimum atomic E-state index is -0.374. The van der Waals surface area contributed by atoms with E-state index in [2.05, 4.69) is 26.2 Å². The molecule has 0 aliphatic carbocycles. The summed E-state index contributed by atoms with van der Waals surface area (Å²) in [5, 5.41) is 5.38. The Morgan fingerprint density at radius 1 is 1.58 bits per heavy atom. The van der Waals surface area contributed by atoms with Crippen LogP contribution >= 0.6 is 38.9 Å². The molecule has 0 aliphatic rings. The van der Waals surface area contributed by atoms with Gasteiger partial charge in [-0.05, 0) is 19.1 Å². The van der Waals surface area contributed by atoms with Crippen LogP contribution in [0.5, 0.6) is 0 Å². The van der Waals surface area contributed by atoms with Crippen molar-refractivity contribution < 1.29 is 9.18 Å². The quantitative estimate of drug-likeness (QED) is 0.829. The SMILES string of the molecule is Cc1c(F)cc(-c2csc(NC(=O)CBr)n2)cc1Cl. The summed E-state index contributed by atoms with van der Waals surface area (Å²) in [5.74, 6) is -0.560. The summed E-state index contributed by atoms with van der Waals surface area (Å²) in [4.78, 5) is 15.4. The summed E-state index contributed by atoms with van der Waals surface area (Å²) in [6.45, 7) is 1.62. The molecule has 100 valence electrons. The number of rotatable bonds is 3. The Morgan fingerprint density at radius 3 is 2.95 bits per heavy atom. The largest absolute Gasteiger partial charge is 0.301 e. The minimum Gasteiger partial charge on any atom is -0.301 e. The van der Waals surface area contributed by atoms with Gasteiger partial charge < -0.3 is 5.32 Å². The number of carbonyl (C=O) groups is 1. The van der Waals surface area contributed by atoms with Crippen molar-refractivity contribution in [2.24, 2.45) is 0 Å². The van der Waals surface area contributed by atoms with E-state index in [1.54, 1.807) is 18.4 Å². The lowest BCUT2D eigenvalue weighted by molar-refractivity contribution is -0.113. The first-order valence-corrected chi connectivity index (χ1v) is 7.66. The van der Waals surface area contributed by atoms with Gasteiger partial charge in [0, 0.05) is 21.5 Å². The Bertz CT molecular complexity index is 609. The Kier molecular flexibility index (Phi) is 4.54. The van der Waals surface area contributed by atoms with Crippen molar-refractivity contribution in [3.05, 3.63) is 33.9 Å². The van der Waals surface area contributed by atoms with E-state index in [0.29, 0.717) is 27.0 Å². The lowest BCUT2D eigenvalue weighted by atomic mass is 10.1. The molecule has 2 rings (SSSR count). The first-order valence-electron chi connectivity index (χ1n) is 5.28. The van der Waals surface area contributed by atoms with Gasteiger partial charge in [0.1, 0.15) is 5.82 Å². The highest BCUT2D eigenvalue weighted by molar-refractivity contribution is 9.09. The Labute approximate surface area is 126 Å². The molecule has 1 aromatic heterocycles. The van der Waals surface area contributed by atoms with Gasteiger partial charge in [-0.1, -0.05) is 27.5 Å². The summed E-state index contributed by atoms with van der Waals surface area (Å²) < 4.78 is 13.6. The average Bonchev–Trinajstić information content (AvgIpc) is 2.83. The molecule has 0 bridgehead atoms. The molecular formula is C12H9BrClFN2OS. The number of benzene rings is 1. The molecule has 3 nitrogen and oxygen atoms in total. The summed E-state index contributed by atoms with van der Waals surface area (Å²) in [7, 11) is 0. The number of amides is 1. The molecule has 0 aliphatic heterocycles. The van der Waals surface area contributed by atoms with E-state index in [1.165, 1.54) is 17.4 Å². The van der Waals surface area contributed by atoms with Crippen LogP contribution in [0.4, 0.5) is 9.52 Å². The molecule has 1 heterocycles. The number of carbonyl (C=O) groups excluding carboxylic acids is 1. The van der Waals surface area contributed by atoms with Crippen molar-refractivity contribution in [1.29, 1.82) is 0 Å². The smallest absolute Gasteiger partial charge is 0.236 e. The second-order valence-electron chi connectivity index (χ2n) is 3.78. The standard InChI is InChI=1S/C12H9BrClFN2OS/c1-6-8(14)2-7(3-9(6)15)10-5-19-12(16-10)17-11(18)4-13/h2-3,5H,4H2,1H3,(H,16,17,18). The summed E-state index contributed by atoms with van der Waals surface area (Å²) in [6.07, 6.45) is 0. The second kappa shape index (κ2) is 5.98. The van der Waals surface area contributed by atoms with Gasteiger partial charge in [-0.15, -0.1) is 11.3 Å². The van der Waals surface area contributed by atoms with Crippen LogP contribution < -0.4 is 5.32 Å². The number of nitrogens with one attached hydrogen (secondary N) is 1. The van der Waals surface area contributed by atoms with Crippen molar-refractivity contribution >= 4 is 49.9 Å². The lowest BCUT2D eigenvalue weighted by Crippen LogP contribution is -2.11. The maximum atomic E-state index is 13.6. The van der Waals surface area contributed by atoms with Gasteiger partial charge in [0.05, 0.1) is 11.0 Å². The molecule has 1 aromatic carbocycles. The molecule has 1 amide bonds. The monoisotopic (exact) mass is 362 g/mol. The number of halogens is 3. The van der Waals surface area contributed by atoms with Crippen LogP contribution in [0, 0.1) is 12.7 Å². The highest BCUT2D eigenvalue weighted by atomic mass is 79.9. The number of hydrogen-bond acceptors (Lipinski definition) is 3. The van der Waals surface area contributed by atoms with Gasteiger partial charge in [-0.25, -0.2) is 9.37 Å². The van der Waals surface area contributed by atoms with Crippen LogP contribution in [0.15, 0.2) is 17.5 Å². The second-order valence-corrected chi connectivity index (χ2v) is 5.61. The van der Waals surface area contributed by atoms with Crippen LogP contribution in [0.1, 0.15) is 5.56 Å². The summed E-state index contributed by atoms with van der Waals surface area (Å²) >= 11 is 10.3. The molecule has 19 heavy (non-hydrogen) atoms. The molecule has 0 saturated heterocycles. The molecule has 7 heteroatoms. The van der Waals surface area contributed by atoms with Crippen molar-refractivity contribution in [2.75, 3.05) is 10.6 Å². The number of aromatic nitrogens is 1. The Morgan fingerprint density at radius 2 is 2.32 bits per heavy atom. The van der Waals surface area contributed by atoms with Crippen molar-refractivity contribution in [3.63, 3.8) is 0 Å². The first-order chi connectivity index (χ1) is 9.01. The third-order valence-electron chi connectivity index (χ3n) is 2.45. The minimum absolute atomic E-state index is 0.186. The van der Waals surface area contributed by atoms with Gasteiger partial charge >= 0.3 is 0 Å². The molecule has 2 aromatic rings. The van der Waals surface area contributed by atoms with E-state index < -0.39 is 0 Å². The highest BCUT2D eigenvalue weighted by Gasteiger charge is 2.11. The van der Waals surface area contributed by atoms with Crippen LogP contribution in [-0.4, -0.2) is 16.2 Å². The predicted octanol–water partition coefficient (Wildman–Crippen LogP) is 4.24. The number of nitrogens with zero attached hydrogens (tertiary/aromatic N) is 1. The van der Waals surface area contributed by atoms with Crippen LogP contribution in [0.3, 0.4) is 0 Å². The average molecular weight is 364 g/mol. The molecule has 1 N–H and O–H groups in total. The Balaban J connectivity index is 2.30. The van der Waals surface area contributed by atoms with Gasteiger partial charge in [-0.3, -0.25) is 4.79 Å². The van der Waals surface area contributed by atoms with Gasteiger partial charge in [0.25, 0.3) is 0 Å². The fraction of sp³-hybridized carbons (Fsp3) is 0.167. The van der Waals surface area contributed by atoms with Crippen molar-refractivity contribution in [2.45, 2.75) is 6.92 Å². The third kappa shape index (κ3) is 3.32. The van der Waals surface area contributed by atoms with E-state index in [4.69, 9.17) is 11.6 Å². The van der Waals surface area contributed by atoms with E-state index >= 15 is 0 Å². The molecule has 0 unspecified atom stereocenters. The maximum Gasteiger partial charge on any atom is 0.236 e. The number of alkyl halides is 1. The number of hydrogen-bond donors (Lipinski definition) is 1. The predicted molar refractivity (Wildman–Crippen MR) is 79.7 cm³/mol. The molecule has 0 radical (unpaired) electrons. The zero-order valence-electron chi connectivity index (χ0n) is 9.84. The van der Waals surface area contributed by atoms with Crippen LogP contribution in [0.2, 0.25) is 5.02 Å². The fourth-order valence-corrected chi connectivity index (χ4v) is 2.49. The molecular weight excluding hydrogens is 355 g/mol. The topological polar surface area (TPSA) is 42.0 Å². The van der Waals surface area contributed by atoms with Gasteiger partial charge in [0.15, 0.2) is 5.13 Å². The number of thiazole rings is 1. The maximum absolute atomic E-state index is 13.6. The van der Waals surface area contributed by atoms with E-state index in [9.17, 15) is 9.18 Å². The van der Waals surface area contributed by atoms with E-state index in [0.717, 1.165) is 0 Å². The zero-order chi connectivity index (χ0) is 14.0. The lowest BCUT2D eigenvalue weighted by Gasteiger charge is -2.03. The Hall–Kier alpha value is -0.980. The first kappa shape index (κ1) is 14.4. The fourth-order valence-electron chi connectivity index (χ4n) is 1.41. The number of anilines is 1. The van der Waals surface area contributed by atoms with Gasteiger partial charge in [-0.2, -0.15) is 0 Å². The molecule has 0 atom stereocenters. The highest BCUT2D eigenvalue weighted by Crippen LogP contribution is 2.29.